The number of piperazine rings is 1. The Labute approximate surface area is 497 Å². The maximum Gasteiger partial charge on any atom is 0.328 e. The quantitative estimate of drug-likeness (QED) is 0.0633. The highest BCUT2D eigenvalue weighted by Crippen LogP contribution is 2.42. The Morgan fingerprint density at radius 2 is 0.965 bits per heavy atom. The van der Waals surface area contributed by atoms with Gasteiger partial charge in [0.2, 0.25) is 11.1 Å². The molecule has 1 unspecified atom stereocenters. The van der Waals surface area contributed by atoms with Gasteiger partial charge in [0, 0.05) is 77.9 Å². The number of hydrogen-bond acceptors (Lipinski definition) is 11. The summed E-state index contributed by atoms with van der Waals surface area (Å²) in [5.41, 5.74) is 6.48. The fourth-order valence-electron chi connectivity index (χ4n) is 10.6. The van der Waals surface area contributed by atoms with Crippen LogP contribution < -0.4 is 36.0 Å². The maximum absolute atomic E-state index is 15.3. The van der Waals surface area contributed by atoms with Crippen molar-refractivity contribution in [3.05, 3.63) is 201 Å². The van der Waals surface area contributed by atoms with Crippen molar-refractivity contribution in [3.63, 3.8) is 0 Å². The number of halogens is 4. The molecule has 0 bridgehead atoms. The Morgan fingerprint density at radius 1 is 0.547 bits per heavy atom. The number of aryl methyl sites for hydroxylation is 2. The van der Waals surface area contributed by atoms with Gasteiger partial charge in [-0.25, -0.2) is 51.9 Å². The molecule has 22 heteroatoms. The molecule has 1 atom stereocenters. The molecular weight excluding hydrogens is 1120 g/mol. The lowest BCUT2D eigenvalue weighted by Crippen LogP contribution is -2.49. The van der Waals surface area contributed by atoms with Crippen molar-refractivity contribution >= 4 is 63.6 Å². The van der Waals surface area contributed by atoms with E-state index in [9.17, 15) is 32.2 Å². The first kappa shape index (κ1) is 59.7. The molecule has 11 rings (SSSR count). The Hall–Kier alpha value is -9.41. The third kappa shape index (κ3) is 12.4. The van der Waals surface area contributed by atoms with Crippen LogP contribution in [0.5, 0.6) is 0 Å². The summed E-state index contributed by atoms with van der Waals surface area (Å²) in [5, 5.41) is 11.0. The summed E-state index contributed by atoms with van der Waals surface area (Å²) in [6.07, 6.45) is 1.36. The number of urea groups is 2. The minimum absolute atomic E-state index is 0.0296. The lowest BCUT2D eigenvalue weighted by molar-refractivity contribution is 0.0934. The molecular formula is C64H62F4N12O5S. The normalized spacial score (nSPS) is 14.5. The second-order valence-corrected chi connectivity index (χ2v) is 22.8. The van der Waals surface area contributed by atoms with Gasteiger partial charge in [0.05, 0.1) is 41.3 Å². The molecule has 1 saturated heterocycles. The highest BCUT2D eigenvalue weighted by atomic mass is 32.2. The monoisotopic (exact) mass is 1190 g/mol. The Kier molecular flexibility index (Phi) is 17.7. The Balaban J connectivity index is 0.000000205. The van der Waals surface area contributed by atoms with Crippen molar-refractivity contribution in [1.29, 1.82) is 0 Å². The molecule has 8 aromatic rings. The van der Waals surface area contributed by atoms with E-state index in [1.807, 2.05) is 88.9 Å². The first-order valence-corrected chi connectivity index (χ1v) is 29.5. The summed E-state index contributed by atoms with van der Waals surface area (Å²) in [6.45, 7) is 13.7. The molecule has 6 aromatic carbocycles. The van der Waals surface area contributed by atoms with Crippen LogP contribution in [0.1, 0.15) is 87.8 Å². The van der Waals surface area contributed by atoms with E-state index in [-0.39, 0.29) is 59.8 Å². The van der Waals surface area contributed by atoms with Crippen molar-refractivity contribution in [1.82, 2.24) is 46.1 Å². The third-order valence-electron chi connectivity index (χ3n) is 14.7. The molecule has 6 amide bonds. The third-order valence-corrected chi connectivity index (χ3v) is 15.4. The van der Waals surface area contributed by atoms with Crippen LogP contribution in [0.25, 0.3) is 22.5 Å². The summed E-state index contributed by atoms with van der Waals surface area (Å²) in [7, 11) is -1.68. The minimum Gasteiger partial charge on any atom is -0.350 e. The zero-order chi connectivity index (χ0) is 61.1. The Bertz CT molecular complexity index is 3870. The summed E-state index contributed by atoms with van der Waals surface area (Å²) >= 11 is 0. The van der Waals surface area contributed by atoms with Crippen molar-refractivity contribution in [2.75, 3.05) is 47.1 Å². The van der Waals surface area contributed by atoms with Crippen LogP contribution in [0, 0.1) is 37.1 Å². The van der Waals surface area contributed by atoms with E-state index >= 15 is 8.78 Å². The molecule has 442 valence electrons. The molecule has 2 aromatic heterocycles. The topological polar surface area (TPSA) is 198 Å². The van der Waals surface area contributed by atoms with Gasteiger partial charge in [-0.2, -0.15) is 4.98 Å². The summed E-state index contributed by atoms with van der Waals surface area (Å²) in [4.78, 5) is 76.9. The lowest BCUT2D eigenvalue weighted by Gasteiger charge is -2.40. The number of nitrogens with zero attached hydrogens (tertiary/aromatic N) is 8. The number of aromatic nitrogens is 4. The first-order valence-electron chi connectivity index (χ1n) is 27.9. The van der Waals surface area contributed by atoms with E-state index in [2.05, 4.69) is 60.4 Å². The van der Waals surface area contributed by atoms with Crippen LogP contribution in [0.3, 0.4) is 0 Å². The number of anilines is 5. The molecule has 0 saturated carbocycles. The van der Waals surface area contributed by atoms with Gasteiger partial charge in [0.1, 0.15) is 34.6 Å². The van der Waals surface area contributed by atoms with Crippen LogP contribution in [0.15, 0.2) is 139 Å². The number of para-hydroxylation sites is 2. The molecule has 5 heterocycles. The van der Waals surface area contributed by atoms with Crippen molar-refractivity contribution in [2.24, 2.45) is 0 Å². The second kappa shape index (κ2) is 25.4. The molecule has 17 nitrogen and oxygen atoms in total. The van der Waals surface area contributed by atoms with Gasteiger partial charge < -0.3 is 26.2 Å². The standard InChI is InChI=1S/C40H39F2N7O2.C24H23F2N5O3S/c1-25(2)44-38(50)29-18-17-26(3)30(23-29)34-31-24-43-40(51)49(36-32(41)15-10-16-33(36)42)37(31)46-39(45-34)48-21-19-47(20-22-48)35(27-11-6-4-7-12-27)28-13-8-5-9-14-28;1-12(2)28-22(32)14-9-8-13(3)15(10-14)19-16-11-27-24(33)31(20-17(25)6-5-7-18(20)26)21(16)30-23(29-19)35(4)34/h4-18,23,25,35H,19-22,24H2,1-3H3,(H,43,51)(H,44,50);5-10,12H,11H2,1-4H3,(H,27,33)(H,28,32). The van der Waals surface area contributed by atoms with Gasteiger partial charge in [-0.15, -0.1) is 0 Å². The van der Waals surface area contributed by atoms with Crippen LogP contribution in [0.4, 0.5) is 56.1 Å². The van der Waals surface area contributed by atoms with Crippen LogP contribution in [0.2, 0.25) is 0 Å². The highest BCUT2D eigenvalue weighted by Gasteiger charge is 2.38. The predicted molar refractivity (Wildman–Crippen MR) is 322 cm³/mol. The van der Waals surface area contributed by atoms with E-state index in [0.29, 0.717) is 76.9 Å². The minimum atomic E-state index is -1.68. The van der Waals surface area contributed by atoms with Gasteiger partial charge in [-0.05, 0) is 112 Å². The van der Waals surface area contributed by atoms with Gasteiger partial charge in [-0.1, -0.05) is 84.9 Å². The molecule has 86 heavy (non-hydrogen) atoms. The zero-order valence-corrected chi connectivity index (χ0v) is 49.0. The summed E-state index contributed by atoms with van der Waals surface area (Å²) in [5.74, 6) is -3.90. The maximum atomic E-state index is 15.3. The van der Waals surface area contributed by atoms with Gasteiger partial charge in [-0.3, -0.25) is 18.7 Å². The number of amides is 6. The highest BCUT2D eigenvalue weighted by molar-refractivity contribution is 7.84. The van der Waals surface area contributed by atoms with Crippen LogP contribution in [-0.4, -0.2) is 97.4 Å². The number of carbonyl (C=O) groups is 4. The fourth-order valence-corrected chi connectivity index (χ4v) is 11.0. The largest absolute Gasteiger partial charge is 0.350 e. The summed E-state index contributed by atoms with van der Waals surface area (Å²) in [6, 6.07) is 36.3. The molecule has 4 N–H and O–H groups in total. The molecule has 0 aliphatic carbocycles. The lowest BCUT2D eigenvalue weighted by atomic mass is 9.96. The van der Waals surface area contributed by atoms with E-state index in [4.69, 9.17) is 9.97 Å². The Morgan fingerprint density at radius 3 is 1.38 bits per heavy atom. The predicted octanol–water partition coefficient (Wildman–Crippen LogP) is 11.1. The van der Waals surface area contributed by atoms with Gasteiger partial charge in [0.25, 0.3) is 11.8 Å². The van der Waals surface area contributed by atoms with Crippen molar-refractivity contribution in [3.8, 4) is 22.5 Å². The van der Waals surface area contributed by atoms with E-state index < -0.39 is 57.5 Å². The molecule has 3 aliphatic rings. The molecule has 0 spiro atoms. The number of benzene rings is 6. The number of nitrogens with one attached hydrogen (secondary N) is 4. The number of rotatable bonds is 13. The van der Waals surface area contributed by atoms with Gasteiger partial charge in [0.15, 0.2) is 11.6 Å². The second-order valence-electron chi connectivity index (χ2n) is 21.5. The molecule has 0 radical (unpaired) electrons. The van der Waals surface area contributed by atoms with Crippen LogP contribution >= 0.6 is 0 Å². The van der Waals surface area contributed by atoms with E-state index in [1.54, 1.807) is 30.3 Å². The first-order chi connectivity index (χ1) is 41.3. The smallest absolute Gasteiger partial charge is 0.328 e. The molecule has 1 fully saturated rings. The number of carbonyl (C=O) groups excluding carboxylic acids is 4. The molecule has 3 aliphatic heterocycles. The SMILES string of the molecule is Cc1ccc(C(=O)NC(C)C)cc1-c1nc(N2CCN(C(c3ccccc3)c3ccccc3)CC2)nc2c1CNC(=O)N2c1c(F)cccc1F.Cc1ccc(C(=O)NC(C)C)cc1-c1nc(S(C)=O)nc2c1CNC(=O)N2c1c(F)cccc1F. The van der Waals surface area contributed by atoms with E-state index in [0.717, 1.165) is 45.2 Å². The van der Waals surface area contributed by atoms with Gasteiger partial charge >= 0.3 is 12.1 Å². The number of hydrogen-bond donors (Lipinski definition) is 4. The van der Waals surface area contributed by atoms with Crippen molar-refractivity contribution in [2.45, 2.75) is 77.9 Å². The van der Waals surface area contributed by atoms with Crippen LogP contribution in [-0.2, 0) is 23.9 Å². The number of fused-ring (bicyclic) bond motifs is 2. The van der Waals surface area contributed by atoms with Crippen molar-refractivity contribution < 1.29 is 40.9 Å². The van der Waals surface area contributed by atoms with E-state index in [1.165, 1.54) is 29.5 Å². The average molecular weight is 1190 g/mol. The zero-order valence-electron chi connectivity index (χ0n) is 48.2. The average Bonchev–Trinajstić information content (AvgIpc) is 0.936. The summed E-state index contributed by atoms with van der Waals surface area (Å²) < 4.78 is 72.4. The fraction of sp³-hybridized carbons (Fsp3) is 0.250.